The van der Waals surface area contributed by atoms with E-state index in [0.29, 0.717) is 11.3 Å². The van der Waals surface area contributed by atoms with Gasteiger partial charge in [0.2, 0.25) is 0 Å². The predicted octanol–water partition coefficient (Wildman–Crippen LogP) is 4.05. The van der Waals surface area contributed by atoms with Crippen molar-refractivity contribution in [2.24, 2.45) is 0 Å². The Kier molecular flexibility index (Phi) is 4.24. The topological polar surface area (TPSA) is 46.5 Å². The van der Waals surface area contributed by atoms with Crippen LogP contribution >= 0.6 is 0 Å². The number of halogens is 1. The first-order chi connectivity index (χ1) is 11.1. The van der Waals surface area contributed by atoms with E-state index in [2.05, 4.69) is 0 Å². The van der Waals surface area contributed by atoms with Crippen molar-refractivity contribution in [2.45, 2.75) is 12.5 Å². The maximum absolute atomic E-state index is 12.9. The van der Waals surface area contributed by atoms with E-state index in [1.807, 2.05) is 36.4 Å². The molecule has 0 aromatic heterocycles. The number of benzene rings is 3. The van der Waals surface area contributed by atoms with Crippen molar-refractivity contribution in [1.29, 1.82) is 0 Å². The maximum Gasteiger partial charge on any atom is 0.345 e. The van der Waals surface area contributed by atoms with Gasteiger partial charge in [-0.15, -0.1) is 0 Å². The average Bonchev–Trinajstić information content (AvgIpc) is 2.56. The monoisotopic (exact) mass is 310 g/mol. The number of carbonyl (C=O) groups is 1. The molecule has 3 rings (SSSR count). The molecule has 0 aliphatic rings. The number of ether oxygens (including phenoxy) is 1. The number of carboxylic acids is 1. The summed E-state index contributed by atoms with van der Waals surface area (Å²) in [7, 11) is 0. The fraction of sp³-hybridized carbons (Fsp3) is 0.105. The molecule has 0 saturated carbocycles. The summed E-state index contributed by atoms with van der Waals surface area (Å²) in [5.74, 6) is -0.906. The van der Waals surface area contributed by atoms with Crippen molar-refractivity contribution in [1.82, 2.24) is 0 Å². The summed E-state index contributed by atoms with van der Waals surface area (Å²) in [4.78, 5) is 11.4. The molecule has 23 heavy (non-hydrogen) atoms. The molecule has 116 valence electrons. The molecule has 0 fully saturated rings. The van der Waals surface area contributed by atoms with Crippen molar-refractivity contribution in [3.63, 3.8) is 0 Å². The van der Waals surface area contributed by atoms with E-state index >= 15 is 0 Å². The van der Waals surface area contributed by atoms with Gasteiger partial charge in [0.1, 0.15) is 11.6 Å². The van der Waals surface area contributed by atoms with E-state index in [1.165, 1.54) is 12.1 Å². The zero-order chi connectivity index (χ0) is 16.2. The van der Waals surface area contributed by atoms with E-state index in [9.17, 15) is 14.3 Å². The van der Waals surface area contributed by atoms with Gasteiger partial charge in [0.15, 0.2) is 6.10 Å². The van der Waals surface area contributed by atoms with E-state index in [-0.39, 0.29) is 12.2 Å². The van der Waals surface area contributed by atoms with Crippen LogP contribution in [-0.2, 0) is 11.2 Å². The average molecular weight is 310 g/mol. The quantitative estimate of drug-likeness (QED) is 0.773. The van der Waals surface area contributed by atoms with Gasteiger partial charge in [-0.3, -0.25) is 0 Å². The highest BCUT2D eigenvalue weighted by Gasteiger charge is 2.20. The molecule has 0 radical (unpaired) electrons. The Morgan fingerprint density at radius 2 is 1.70 bits per heavy atom. The van der Waals surface area contributed by atoms with Crippen LogP contribution in [0.1, 0.15) is 5.56 Å². The number of rotatable bonds is 5. The molecule has 1 unspecified atom stereocenters. The minimum absolute atomic E-state index is 0.169. The summed E-state index contributed by atoms with van der Waals surface area (Å²) in [6.45, 7) is 0. The lowest BCUT2D eigenvalue weighted by molar-refractivity contribution is -0.145. The first-order valence-corrected chi connectivity index (χ1v) is 7.24. The summed E-state index contributed by atoms with van der Waals surface area (Å²) in [5, 5.41) is 11.4. The van der Waals surface area contributed by atoms with Gasteiger partial charge in [0.25, 0.3) is 0 Å². The standard InChI is InChI=1S/C19H15FO3/c20-16-8-5-13(6-9-16)11-18(19(21)22)23-17-10-7-14-3-1-2-4-15(14)12-17/h1-10,12,18H,11H2,(H,21,22). The second-order valence-electron chi connectivity index (χ2n) is 5.28. The maximum atomic E-state index is 12.9. The van der Waals surface area contributed by atoms with Crippen LogP contribution in [-0.4, -0.2) is 17.2 Å². The van der Waals surface area contributed by atoms with E-state index in [1.54, 1.807) is 18.2 Å². The van der Waals surface area contributed by atoms with Crippen LogP contribution in [0.15, 0.2) is 66.7 Å². The van der Waals surface area contributed by atoms with Gasteiger partial charge in [0.05, 0.1) is 0 Å². The Bertz CT molecular complexity index is 827. The van der Waals surface area contributed by atoms with Crippen molar-refractivity contribution in [3.05, 3.63) is 78.1 Å². The molecule has 0 aliphatic heterocycles. The molecular formula is C19H15FO3. The van der Waals surface area contributed by atoms with Crippen molar-refractivity contribution < 1.29 is 19.0 Å². The molecule has 1 N–H and O–H groups in total. The van der Waals surface area contributed by atoms with Gasteiger partial charge in [-0.2, -0.15) is 0 Å². The Hall–Kier alpha value is -2.88. The minimum Gasteiger partial charge on any atom is -0.478 e. The van der Waals surface area contributed by atoms with Crippen LogP contribution < -0.4 is 4.74 Å². The zero-order valence-electron chi connectivity index (χ0n) is 12.3. The third-order valence-electron chi connectivity index (χ3n) is 3.61. The van der Waals surface area contributed by atoms with E-state index < -0.39 is 12.1 Å². The second kappa shape index (κ2) is 6.48. The molecule has 3 aromatic carbocycles. The van der Waals surface area contributed by atoms with Crippen LogP contribution in [0.25, 0.3) is 10.8 Å². The number of carboxylic acid groups (broad SMARTS) is 1. The van der Waals surface area contributed by atoms with E-state index in [0.717, 1.165) is 10.8 Å². The molecule has 4 heteroatoms. The molecule has 1 atom stereocenters. The van der Waals surface area contributed by atoms with E-state index in [4.69, 9.17) is 4.74 Å². The Labute approximate surface area is 132 Å². The fourth-order valence-electron chi connectivity index (χ4n) is 2.42. The first kappa shape index (κ1) is 15.0. The molecule has 0 heterocycles. The smallest absolute Gasteiger partial charge is 0.345 e. The second-order valence-corrected chi connectivity index (χ2v) is 5.28. The highest BCUT2D eigenvalue weighted by atomic mass is 19.1. The Balaban J connectivity index is 1.80. The molecule has 0 saturated heterocycles. The zero-order valence-corrected chi connectivity index (χ0v) is 12.3. The van der Waals surface area contributed by atoms with Gasteiger partial charge in [-0.1, -0.05) is 42.5 Å². The normalized spacial score (nSPS) is 12.0. The van der Waals surface area contributed by atoms with Crippen LogP contribution in [0.2, 0.25) is 0 Å². The molecule has 3 nitrogen and oxygen atoms in total. The summed E-state index contributed by atoms with van der Waals surface area (Å²) in [6, 6.07) is 19.0. The fourth-order valence-corrected chi connectivity index (χ4v) is 2.42. The molecule has 0 amide bonds. The first-order valence-electron chi connectivity index (χ1n) is 7.24. The van der Waals surface area contributed by atoms with Crippen molar-refractivity contribution in [2.75, 3.05) is 0 Å². The minimum atomic E-state index is -1.05. The molecule has 0 aliphatic carbocycles. The van der Waals surface area contributed by atoms with Gasteiger partial charge in [-0.05, 0) is 40.6 Å². The lowest BCUT2D eigenvalue weighted by atomic mass is 10.1. The number of hydrogen-bond acceptors (Lipinski definition) is 2. The molecular weight excluding hydrogens is 295 g/mol. The predicted molar refractivity (Wildman–Crippen MR) is 86.1 cm³/mol. The van der Waals surface area contributed by atoms with Crippen LogP contribution in [0.3, 0.4) is 0 Å². The Morgan fingerprint density at radius 1 is 1.00 bits per heavy atom. The Morgan fingerprint density at radius 3 is 2.39 bits per heavy atom. The van der Waals surface area contributed by atoms with Gasteiger partial charge in [0, 0.05) is 6.42 Å². The summed E-state index contributed by atoms with van der Waals surface area (Å²) < 4.78 is 18.6. The molecule has 0 bridgehead atoms. The van der Waals surface area contributed by atoms with Crippen LogP contribution in [0.4, 0.5) is 4.39 Å². The molecule has 3 aromatic rings. The lowest BCUT2D eigenvalue weighted by Crippen LogP contribution is -2.29. The van der Waals surface area contributed by atoms with Crippen LogP contribution in [0.5, 0.6) is 5.75 Å². The SMILES string of the molecule is O=C(O)C(Cc1ccc(F)cc1)Oc1ccc2ccccc2c1. The third kappa shape index (κ3) is 3.66. The van der Waals surface area contributed by atoms with Gasteiger partial charge < -0.3 is 9.84 Å². The highest BCUT2D eigenvalue weighted by molar-refractivity contribution is 5.84. The van der Waals surface area contributed by atoms with Crippen molar-refractivity contribution >= 4 is 16.7 Å². The number of aliphatic carboxylic acids is 1. The molecule has 0 spiro atoms. The summed E-state index contributed by atoms with van der Waals surface area (Å²) in [6.07, 6.45) is -0.857. The lowest BCUT2D eigenvalue weighted by Gasteiger charge is -2.15. The van der Waals surface area contributed by atoms with Crippen LogP contribution in [0, 0.1) is 5.82 Å². The number of hydrogen-bond donors (Lipinski definition) is 1. The summed E-state index contributed by atoms with van der Waals surface area (Å²) >= 11 is 0. The van der Waals surface area contributed by atoms with Gasteiger partial charge in [-0.25, -0.2) is 9.18 Å². The van der Waals surface area contributed by atoms with Gasteiger partial charge >= 0.3 is 5.97 Å². The van der Waals surface area contributed by atoms with Crippen molar-refractivity contribution in [3.8, 4) is 5.75 Å². The largest absolute Gasteiger partial charge is 0.478 e. The third-order valence-corrected chi connectivity index (χ3v) is 3.61. The summed E-state index contributed by atoms with van der Waals surface area (Å²) in [5.41, 5.74) is 0.708. The number of fused-ring (bicyclic) bond motifs is 1. The highest BCUT2D eigenvalue weighted by Crippen LogP contribution is 2.22.